The Balaban J connectivity index is 1.48. The minimum Gasteiger partial charge on any atom is -0.393 e. The number of fused-ring (bicyclic) bond motifs is 1. The first-order valence-electron chi connectivity index (χ1n) is 7.36. The summed E-state index contributed by atoms with van der Waals surface area (Å²) in [5.74, 6) is 1.06. The van der Waals surface area contributed by atoms with E-state index >= 15 is 0 Å². The smallest absolute Gasteiger partial charge is 0.234 e. The van der Waals surface area contributed by atoms with Gasteiger partial charge < -0.3 is 10.4 Å². The molecule has 3 rings (SSSR count). The van der Waals surface area contributed by atoms with Gasteiger partial charge >= 0.3 is 0 Å². The highest BCUT2D eigenvalue weighted by Gasteiger charge is 2.42. The van der Waals surface area contributed by atoms with Crippen molar-refractivity contribution in [2.24, 2.45) is 11.8 Å². The maximum atomic E-state index is 12.1. The predicted molar refractivity (Wildman–Crippen MR) is 79.5 cm³/mol. The molecule has 2 N–H and O–H groups in total. The number of hydrogen-bond donors (Lipinski definition) is 2. The van der Waals surface area contributed by atoms with Gasteiger partial charge in [0, 0.05) is 23.9 Å². The van der Waals surface area contributed by atoms with Crippen molar-refractivity contribution in [2.75, 3.05) is 19.6 Å². The summed E-state index contributed by atoms with van der Waals surface area (Å²) in [5.41, 5.74) is 0. The number of amides is 1. The standard InChI is InChI=1S/C15H22N2O2S/c1-10(14-3-2-6-20-14)16-15(19)9-17-7-11-4-5-13(18)12(11)8-17/h2-3,6,10-13,18H,4-5,7-9H2,1H3,(H,16,19). The van der Waals surface area contributed by atoms with Gasteiger partial charge in [-0.1, -0.05) is 6.07 Å². The molecule has 0 bridgehead atoms. The largest absolute Gasteiger partial charge is 0.393 e. The molecule has 0 radical (unpaired) electrons. The van der Waals surface area contributed by atoms with Gasteiger partial charge in [-0.05, 0) is 37.1 Å². The van der Waals surface area contributed by atoms with Crippen molar-refractivity contribution in [2.45, 2.75) is 31.9 Å². The number of nitrogens with one attached hydrogen (secondary N) is 1. The van der Waals surface area contributed by atoms with Gasteiger partial charge in [0.25, 0.3) is 0 Å². The summed E-state index contributed by atoms with van der Waals surface area (Å²) in [5, 5.41) is 15.0. The van der Waals surface area contributed by atoms with Crippen molar-refractivity contribution in [3.05, 3.63) is 22.4 Å². The highest BCUT2D eigenvalue weighted by Crippen LogP contribution is 2.37. The molecule has 2 heterocycles. The Morgan fingerprint density at radius 2 is 2.40 bits per heavy atom. The van der Waals surface area contributed by atoms with E-state index in [1.54, 1.807) is 11.3 Å². The van der Waals surface area contributed by atoms with E-state index in [0.29, 0.717) is 18.4 Å². The fourth-order valence-corrected chi connectivity index (χ4v) is 4.29. The molecule has 1 aliphatic carbocycles. The molecule has 20 heavy (non-hydrogen) atoms. The highest BCUT2D eigenvalue weighted by molar-refractivity contribution is 7.10. The SMILES string of the molecule is CC(NC(=O)CN1CC2CCC(O)C2C1)c1cccs1. The van der Waals surface area contributed by atoms with Crippen LogP contribution in [0.15, 0.2) is 17.5 Å². The molecular weight excluding hydrogens is 272 g/mol. The Hall–Kier alpha value is -0.910. The lowest BCUT2D eigenvalue weighted by Gasteiger charge is -2.19. The summed E-state index contributed by atoms with van der Waals surface area (Å²) >= 11 is 1.67. The van der Waals surface area contributed by atoms with E-state index in [2.05, 4.69) is 10.2 Å². The van der Waals surface area contributed by atoms with E-state index in [-0.39, 0.29) is 18.1 Å². The summed E-state index contributed by atoms with van der Waals surface area (Å²) in [6.07, 6.45) is 1.89. The number of aliphatic hydroxyl groups is 1. The number of carbonyl (C=O) groups excluding carboxylic acids is 1. The maximum absolute atomic E-state index is 12.1. The van der Waals surface area contributed by atoms with E-state index in [4.69, 9.17) is 0 Å². The van der Waals surface area contributed by atoms with Crippen molar-refractivity contribution in [3.63, 3.8) is 0 Å². The first-order chi connectivity index (χ1) is 9.63. The molecule has 110 valence electrons. The van der Waals surface area contributed by atoms with Crippen molar-refractivity contribution >= 4 is 17.2 Å². The minimum atomic E-state index is -0.155. The molecule has 1 aromatic rings. The second-order valence-electron chi connectivity index (χ2n) is 6.07. The van der Waals surface area contributed by atoms with Crippen LogP contribution in [0.4, 0.5) is 0 Å². The fourth-order valence-electron chi connectivity index (χ4n) is 3.56. The summed E-state index contributed by atoms with van der Waals surface area (Å²) in [6, 6.07) is 4.13. The van der Waals surface area contributed by atoms with Gasteiger partial charge in [0.15, 0.2) is 0 Å². The minimum absolute atomic E-state index is 0.0789. The third-order valence-electron chi connectivity index (χ3n) is 4.61. The van der Waals surface area contributed by atoms with Crippen molar-refractivity contribution in [1.29, 1.82) is 0 Å². The third-order valence-corrected chi connectivity index (χ3v) is 5.66. The molecule has 1 aromatic heterocycles. The topological polar surface area (TPSA) is 52.6 Å². The van der Waals surface area contributed by atoms with Crippen LogP contribution in [0.2, 0.25) is 0 Å². The van der Waals surface area contributed by atoms with Crippen LogP contribution >= 0.6 is 11.3 Å². The number of nitrogens with zero attached hydrogens (tertiary/aromatic N) is 1. The van der Waals surface area contributed by atoms with Crippen LogP contribution < -0.4 is 5.32 Å². The van der Waals surface area contributed by atoms with Gasteiger partial charge in [-0.15, -0.1) is 11.3 Å². The lowest BCUT2D eigenvalue weighted by Crippen LogP contribution is -2.38. The highest BCUT2D eigenvalue weighted by atomic mass is 32.1. The average Bonchev–Trinajstić information content (AvgIpc) is 3.08. The summed E-state index contributed by atoms with van der Waals surface area (Å²) < 4.78 is 0. The normalized spacial score (nSPS) is 31.2. The van der Waals surface area contributed by atoms with Gasteiger partial charge in [0.1, 0.15) is 0 Å². The zero-order valence-electron chi connectivity index (χ0n) is 11.8. The van der Waals surface area contributed by atoms with E-state index in [0.717, 1.165) is 25.9 Å². The monoisotopic (exact) mass is 294 g/mol. The first-order valence-corrected chi connectivity index (χ1v) is 8.24. The third kappa shape index (κ3) is 2.90. The molecule has 0 spiro atoms. The number of carbonyl (C=O) groups is 1. The fraction of sp³-hybridized carbons (Fsp3) is 0.667. The molecular formula is C15H22N2O2S. The van der Waals surface area contributed by atoms with Gasteiger partial charge in [-0.3, -0.25) is 9.69 Å². The molecule has 4 unspecified atom stereocenters. The maximum Gasteiger partial charge on any atom is 0.234 e. The van der Waals surface area contributed by atoms with Crippen molar-refractivity contribution in [1.82, 2.24) is 10.2 Å². The Kier molecular flexibility index (Phi) is 4.10. The second kappa shape index (κ2) is 5.84. The Morgan fingerprint density at radius 1 is 1.55 bits per heavy atom. The second-order valence-corrected chi connectivity index (χ2v) is 7.05. The molecule has 4 atom stereocenters. The molecule has 1 saturated carbocycles. The van der Waals surface area contributed by atoms with Crippen LogP contribution in [0.3, 0.4) is 0 Å². The number of thiophene rings is 1. The number of likely N-dealkylation sites (tertiary alicyclic amines) is 1. The molecule has 2 aliphatic rings. The summed E-state index contributed by atoms with van der Waals surface area (Å²) in [7, 11) is 0. The zero-order valence-corrected chi connectivity index (χ0v) is 12.6. The van der Waals surface area contributed by atoms with Crippen LogP contribution in [-0.2, 0) is 4.79 Å². The van der Waals surface area contributed by atoms with Gasteiger partial charge in [-0.25, -0.2) is 0 Å². The van der Waals surface area contributed by atoms with Gasteiger partial charge in [-0.2, -0.15) is 0 Å². The number of aliphatic hydroxyl groups excluding tert-OH is 1. The Morgan fingerprint density at radius 3 is 3.10 bits per heavy atom. The number of hydrogen-bond acceptors (Lipinski definition) is 4. The van der Waals surface area contributed by atoms with E-state index in [9.17, 15) is 9.90 Å². The van der Waals surface area contributed by atoms with Crippen LogP contribution in [-0.4, -0.2) is 41.7 Å². The number of rotatable bonds is 4. The molecule has 1 amide bonds. The van der Waals surface area contributed by atoms with Crippen LogP contribution in [0.1, 0.15) is 30.7 Å². The summed E-state index contributed by atoms with van der Waals surface area (Å²) in [6.45, 7) is 4.30. The lowest BCUT2D eigenvalue weighted by atomic mass is 10.00. The van der Waals surface area contributed by atoms with E-state index in [1.807, 2.05) is 24.4 Å². The zero-order chi connectivity index (χ0) is 14.1. The van der Waals surface area contributed by atoms with Crippen LogP contribution in [0.25, 0.3) is 0 Å². The Bertz CT molecular complexity index is 462. The summed E-state index contributed by atoms with van der Waals surface area (Å²) in [4.78, 5) is 15.5. The molecule has 4 nitrogen and oxygen atoms in total. The molecule has 2 fully saturated rings. The molecule has 1 saturated heterocycles. The molecule has 1 aliphatic heterocycles. The van der Waals surface area contributed by atoms with Gasteiger partial charge in [0.05, 0.1) is 18.7 Å². The average molecular weight is 294 g/mol. The van der Waals surface area contributed by atoms with Gasteiger partial charge in [0.2, 0.25) is 5.91 Å². The molecule has 0 aromatic carbocycles. The first kappa shape index (κ1) is 14.0. The van der Waals surface area contributed by atoms with E-state index < -0.39 is 0 Å². The predicted octanol–water partition coefficient (Wildman–Crippen LogP) is 1.63. The van der Waals surface area contributed by atoms with Crippen molar-refractivity contribution < 1.29 is 9.90 Å². The van der Waals surface area contributed by atoms with E-state index in [1.165, 1.54) is 4.88 Å². The van der Waals surface area contributed by atoms with Crippen molar-refractivity contribution in [3.8, 4) is 0 Å². The quantitative estimate of drug-likeness (QED) is 0.887. The molecule has 5 heteroatoms. The Labute approximate surface area is 123 Å². The van der Waals surface area contributed by atoms with Crippen LogP contribution in [0.5, 0.6) is 0 Å². The lowest BCUT2D eigenvalue weighted by molar-refractivity contribution is -0.122. The van der Waals surface area contributed by atoms with Crippen LogP contribution in [0, 0.1) is 11.8 Å².